The van der Waals surface area contributed by atoms with E-state index in [9.17, 15) is 22.9 Å². The van der Waals surface area contributed by atoms with Crippen LogP contribution in [0.2, 0.25) is 0 Å². The van der Waals surface area contributed by atoms with Gasteiger partial charge in [-0.1, -0.05) is 6.08 Å². The summed E-state index contributed by atoms with van der Waals surface area (Å²) in [6, 6.07) is 0. The van der Waals surface area contributed by atoms with Crippen molar-refractivity contribution in [3.05, 3.63) is 11.6 Å². The van der Waals surface area contributed by atoms with Crippen molar-refractivity contribution in [2.75, 3.05) is 5.75 Å². The number of unbranched alkanes of at least 4 members (excludes halogenated alkanes) is 1. The van der Waals surface area contributed by atoms with E-state index in [1.807, 2.05) is 0 Å². The molecule has 0 bridgehead atoms. The minimum absolute atomic E-state index is 0. The monoisotopic (exact) mass is 284 g/mol. The van der Waals surface area contributed by atoms with Gasteiger partial charge in [0.15, 0.2) is 0 Å². The van der Waals surface area contributed by atoms with Gasteiger partial charge in [-0.2, -0.15) is 0 Å². The topological polar surface area (TPSA) is 97.3 Å². The van der Waals surface area contributed by atoms with E-state index < -0.39 is 21.8 Å². The molecular weight excluding hydrogens is 274 g/mol. The first-order valence-corrected chi connectivity index (χ1v) is 5.22. The van der Waals surface area contributed by atoms with Crippen molar-refractivity contribution in [3.8, 4) is 0 Å². The molecule has 0 aliphatic carbocycles. The zero-order valence-electron chi connectivity index (χ0n) is 9.15. The first-order valence-electron chi connectivity index (χ1n) is 3.64. The maximum absolute atomic E-state index is 10.1. The molecule has 5 nitrogen and oxygen atoms in total. The van der Waals surface area contributed by atoms with Crippen LogP contribution in [0, 0.1) is 0 Å². The standard InChI is InChI=1S/C7H12O5S.2K/c1-6(7(8)9)4-2-3-5-13(10,11)12;;/h4H,2-3,5H2,1H3,(H,8,9)(H,10,11,12);;/q;2*+1/p-2. The molecule has 0 rings (SSSR count). The molecule has 0 atom stereocenters. The molecule has 76 valence electrons. The van der Waals surface area contributed by atoms with Crippen molar-refractivity contribution in [3.63, 3.8) is 0 Å². The van der Waals surface area contributed by atoms with Crippen molar-refractivity contribution in [1.29, 1.82) is 0 Å². The van der Waals surface area contributed by atoms with E-state index in [0.29, 0.717) is 0 Å². The summed E-state index contributed by atoms with van der Waals surface area (Å²) in [6.45, 7) is 1.35. The zero-order chi connectivity index (χ0) is 10.5. The van der Waals surface area contributed by atoms with Crippen molar-refractivity contribution < 1.29 is 126 Å². The number of allylic oxidation sites excluding steroid dienone is 1. The van der Waals surface area contributed by atoms with Crippen molar-refractivity contribution >= 4 is 16.1 Å². The fraction of sp³-hybridized carbons (Fsp3) is 0.571. The molecule has 0 spiro atoms. The van der Waals surface area contributed by atoms with Crippen LogP contribution in [0.4, 0.5) is 0 Å². The summed E-state index contributed by atoms with van der Waals surface area (Å²) < 4.78 is 30.3. The van der Waals surface area contributed by atoms with Gasteiger partial charge in [-0.3, -0.25) is 0 Å². The van der Waals surface area contributed by atoms with Crippen LogP contribution in [-0.4, -0.2) is 24.7 Å². The molecule has 0 saturated heterocycles. The second kappa shape index (κ2) is 11.5. The van der Waals surface area contributed by atoms with Gasteiger partial charge in [0.1, 0.15) is 0 Å². The van der Waals surface area contributed by atoms with Gasteiger partial charge in [-0.15, -0.1) is 0 Å². The van der Waals surface area contributed by atoms with E-state index in [2.05, 4.69) is 0 Å². The number of carboxylic acids is 1. The number of rotatable bonds is 5. The van der Waals surface area contributed by atoms with Crippen LogP contribution in [-0.2, 0) is 14.9 Å². The Labute approximate surface area is 175 Å². The molecule has 0 aromatic heterocycles. The Balaban J connectivity index is -0.000000720. The largest absolute Gasteiger partial charge is 1.00 e. The fourth-order valence-corrected chi connectivity index (χ4v) is 1.18. The molecule has 0 aliphatic heterocycles. The Morgan fingerprint density at radius 1 is 1.33 bits per heavy atom. The zero-order valence-corrected chi connectivity index (χ0v) is 16.2. The van der Waals surface area contributed by atoms with E-state index in [1.165, 1.54) is 13.0 Å². The average molecular weight is 284 g/mol. The number of aliphatic carboxylic acids is 1. The maximum Gasteiger partial charge on any atom is 1.00 e. The molecule has 15 heavy (non-hydrogen) atoms. The van der Waals surface area contributed by atoms with Crippen molar-refractivity contribution in [1.82, 2.24) is 0 Å². The molecule has 8 heteroatoms. The maximum atomic E-state index is 10.1. The number of carbonyl (C=O) groups excluding carboxylic acids is 1. The minimum atomic E-state index is -4.18. The molecule has 0 heterocycles. The van der Waals surface area contributed by atoms with Gasteiger partial charge in [0, 0.05) is 5.75 Å². The van der Waals surface area contributed by atoms with Crippen LogP contribution < -0.4 is 108 Å². The first-order chi connectivity index (χ1) is 5.83. The Morgan fingerprint density at radius 3 is 2.13 bits per heavy atom. The second-order valence-corrected chi connectivity index (χ2v) is 4.10. The molecule has 0 amide bonds. The summed E-state index contributed by atoms with van der Waals surface area (Å²) in [5.41, 5.74) is 0.0447. The Hall–Kier alpha value is 2.39. The Bertz CT molecular complexity index is 309. The molecule has 0 fully saturated rings. The number of hydrogen-bond acceptors (Lipinski definition) is 5. The predicted octanol–water partition coefficient (Wildman–Crippen LogP) is -6.98. The Morgan fingerprint density at radius 2 is 1.80 bits per heavy atom. The van der Waals surface area contributed by atoms with Gasteiger partial charge in [0.05, 0.1) is 16.1 Å². The van der Waals surface area contributed by atoms with Gasteiger partial charge >= 0.3 is 103 Å². The molecule has 0 aliphatic rings. The predicted molar refractivity (Wildman–Crippen MR) is 42.6 cm³/mol. The molecule has 0 radical (unpaired) electrons. The third-order valence-corrected chi connectivity index (χ3v) is 2.16. The average Bonchev–Trinajstić information content (AvgIpc) is 1.95. The number of carbonyl (C=O) groups is 1. The molecule has 0 aromatic rings. The van der Waals surface area contributed by atoms with E-state index in [4.69, 9.17) is 0 Å². The van der Waals surface area contributed by atoms with Gasteiger partial charge in [0.2, 0.25) is 0 Å². The Kier molecular flexibility index (Phi) is 17.3. The third kappa shape index (κ3) is 16.4. The number of carboxylic acid groups (broad SMARTS) is 1. The summed E-state index contributed by atoms with van der Waals surface area (Å²) in [5.74, 6) is -1.76. The molecular formula is C7H10K2O5S. The molecule has 0 N–H and O–H groups in total. The summed E-state index contributed by atoms with van der Waals surface area (Å²) in [7, 11) is -4.18. The first kappa shape index (κ1) is 22.6. The normalized spacial score (nSPS) is 11.2. The van der Waals surface area contributed by atoms with Crippen LogP contribution in [0.15, 0.2) is 11.6 Å². The fourth-order valence-electron chi connectivity index (χ4n) is 0.662. The van der Waals surface area contributed by atoms with Crippen LogP contribution in [0.25, 0.3) is 0 Å². The van der Waals surface area contributed by atoms with Crippen LogP contribution in [0.5, 0.6) is 0 Å². The van der Waals surface area contributed by atoms with Crippen LogP contribution >= 0.6 is 0 Å². The van der Waals surface area contributed by atoms with Crippen LogP contribution in [0.1, 0.15) is 19.8 Å². The van der Waals surface area contributed by atoms with Crippen LogP contribution in [0.3, 0.4) is 0 Å². The minimum Gasteiger partial charge on any atom is -0.748 e. The number of hydrogen-bond donors (Lipinski definition) is 0. The second-order valence-electron chi connectivity index (χ2n) is 2.58. The van der Waals surface area contributed by atoms with Gasteiger partial charge in [0.25, 0.3) is 0 Å². The smallest absolute Gasteiger partial charge is 0.748 e. The molecule has 0 unspecified atom stereocenters. The van der Waals surface area contributed by atoms with Gasteiger partial charge in [-0.25, -0.2) is 8.42 Å². The third-order valence-electron chi connectivity index (χ3n) is 1.37. The van der Waals surface area contributed by atoms with Crippen molar-refractivity contribution in [2.45, 2.75) is 19.8 Å². The quantitative estimate of drug-likeness (QED) is 0.216. The van der Waals surface area contributed by atoms with E-state index >= 15 is 0 Å². The SMILES string of the molecule is CC(=CCCCS(=O)(=O)[O-])C(=O)[O-].[K+].[K+]. The van der Waals surface area contributed by atoms with Crippen molar-refractivity contribution in [2.24, 2.45) is 0 Å². The molecule has 0 aromatic carbocycles. The van der Waals surface area contributed by atoms with Gasteiger partial charge < -0.3 is 14.5 Å². The summed E-state index contributed by atoms with van der Waals surface area (Å²) in [4.78, 5) is 10.1. The van der Waals surface area contributed by atoms with E-state index in [1.54, 1.807) is 0 Å². The molecule has 0 saturated carbocycles. The summed E-state index contributed by atoms with van der Waals surface area (Å²) >= 11 is 0. The summed E-state index contributed by atoms with van der Waals surface area (Å²) in [5, 5.41) is 10.1. The summed E-state index contributed by atoms with van der Waals surface area (Å²) in [6.07, 6.45) is 1.72. The van der Waals surface area contributed by atoms with E-state index in [-0.39, 0.29) is 121 Å². The van der Waals surface area contributed by atoms with Gasteiger partial charge in [-0.05, 0) is 25.3 Å². The van der Waals surface area contributed by atoms with E-state index in [0.717, 1.165) is 0 Å².